The average Bonchev–Trinajstić information content (AvgIpc) is 2.74. The first kappa shape index (κ1) is 18.2. The molecule has 2 aromatic carbocycles. The number of aromatic nitrogens is 2. The fourth-order valence-electron chi connectivity index (χ4n) is 3.25. The molecule has 7 heteroatoms. The summed E-state index contributed by atoms with van der Waals surface area (Å²) in [7, 11) is 0. The summed E-state index contributed by atoms with van der Waals surface area (Å²) in [4.78, 5) is 21.3. The van der Waals surface area contributed by atoms with Crippen LogP contribution < -0.4 is 16.5 Å². The molecule has 7 nitrogen and oxygen atoms in total. The first-order chi connectivity index (χ1) is 14.1. The largest absolute Gasteiger partial charge is 0.455 e. The average molecular weight is 383 g/mol. The molecule has 0 aliphatic rings. The molecule has 1 unspecified atom stereocenters. The number of rotatable bonds is 4. The zero-order valence-electron chi connectivity index (χ0n) is 15.6. The summed E-state index contributed by atoms with van der Waals surface area (Å²) >= 11 is 0. The Morgan fingerprint density at radius 3 is 2.59 bits per heavy atom. The molecule has 29 heavy (non-hydrogen) atoms. The van der Waals surface area contributed by atoms with E-state index < -0.39 is 6.04 Å². The van der Waals surface area contributed by atoms with Crippen molar-refractivity contribution in [2.24, 2.45) is 0 Å². The molecule has 2 heterocycles. The predicted molar refractivity (Wildman–Crippen MR) is 111 cm³/mol. The van der Waals surface area contributed by atoms with Crippen molar-refractivity contribution in [3.05, 3.63) is 82.3 Å². The highest BCUT2D eigenvalue weighted by molar-refractivity contribution is 5.81. The lowest BCUT2D eigenvalue weighted by Gasteiger charge is -2.18. The van der Waals surface area contributed by atoms with Crippen LogP contribution in [0.4, 0.5) is 11.6 Å². The third-order valence-electron chi connectivity index (χ3n) is 4.64. The number of hydrogen-bond donors (Lipinski definition) is 2. The lowest BCUT2D eigenvalue weighted by atomic mass is 9.99. The minimum Gasteiger partial charge on any atom is -0.455 e. The van der Waals surface area contributed by atoms with E-state index in [1.165, 1.54) is 6.33 Å². The maximum atomic E-state index is 13.4. The van der Waals surface area contributed by atoms with Gasteiger partial charge in [-0.3, -0.25) is 4.79 Å². The number of benzene rings is 2. The second kappa shape index (κ2) is 7.44. The summed E-state index contributed by atoms with van der Waals surface area (Å²) in [6, 6.07) is 18.0. The highest BCUT2D eigenvalue weighted by Gasteiger charge is 2.22. The number of nitrogens with one attached hydrogen (secondary N) is 1. The van der Waals surface area contributed by atoms with Crippen LogP contribution in [0.3, 0.4) is 0 Å². The van der Waals surface area contributed by atoms with E-state index in [9.17, 15) is 10.1 Å². The van der Waals surface area contributed by atoms with Gasteiger partial charge in [0.15, 0.2) is 5.43 Å². The van der Waals surface area contributed by atoms with Crippen LogP contribution in [-0.2, 0) is 0 Å². The number of nitriles is 1. The molecule has 3 N–H and O–H groups in total. The van der Waals surface area contributed by atoms with Gasteiger partial charge in [-0.25, -0.2) is 9.97 Å². The van der Waals surface area contributed by atoms with Crippen molar-refractivity contribution in [2.75, 3.05) is 11.1 Å². The van der Waals surface area contributed by atoms with Crippen LogP contribution in [0.25, 0.3) is 22.3 Å². The smallest absolute Gasteiger partial charge is 0.198 e. The van der Waals surface area contributed by atoms with Crippen molar-refractivity contribution in [3.63, 3.8) is 0 Å². The second-order valence-corrected chi connectivity index (χ2v) is 6.50. The first-order valence-corrected chi connectivity index (χ1v) is 8.98. The molecule has 0 saturated heterocycles. The number of anilines is 2. The molecule has 0 aliphatic heterocycles. The predicted octanol–water partition coefficient (Wildman–Crippen LogP) is 3.88. The van der Waals surface area contributed by atoms with E-state index >= 15 is 0 Å². The summed E-state index contributed by atoms with van der Waals surface area (Å²) < 4.78 is 6.14. The standard InChI is InChI=1S/C22H17N5O2/c1-13(27-22-16(11-23)21(24)25-12-26-22)18-19(28)15-9-5-6-10-17(15)29-20(18)14-7-3-2-4-8-14/h2-10,12-13H,1H3,(H3,24,25,26,27). The summed E-state index contributed by atoms with van der Waals surface area (Å²) in [6.45, 7) is 1.81. The van der Waals surface area contributed by atoms with E-state index in [1.54, 1.807) is 18.2 Å². The van der Waals surface area contributed by atoms with Crippen LogP contribution in [0, 0.1) is 11.3 Å². The van der Waals surface area contributed by atoms with Crippen molar-refractivity contribution >= 4 is 22.6 Å². The van der Waals surface area contributed by atoms with E-state index in [1.807, 2.05) is 49.4 Å². The lowest BCUT2D eigenvalue weighted by molar-refractivity contribution is 0.604. The number of nitrogen functional groups attached to an aromatic ring is 1. The molecule has 0 spiro atoms. The SMILES string of the molecule is CC(Nc1ncnc(N)c1C#N)c1c(-c2ccccc2)oc2ccccc2c1=O. The molecule has 0 radical (unpaired) electrons. The number of nitrogens with zero attached hydrogens (tertiary/aromatic N) is 3. The molecule has 0 amide bonds. The maximum Gasteiger partial charge on any atom is 0.198 e. The van der Waals surface area contributed by atoms with E-state index in [2.05, 4.69) is 15.3 Å². The molecule has 4 aromatic rings. The molecule has 0 aliphatic carbocycles. The van der Waals surface area contributed by atoms with Gasteiger partial charge in [0.2, 0.25) is 0 Å². The molecule has 0 saturated carbocycles. The zero-order chi connectivity index (χ0) is 20.4. The van der Waals surface area contributed by atoms with Gasteiger partial charge in [0.05, 0.1) is 17.0 Å². The third-order valence-corrected chi connectivity index (χ3v) is 4.64. The van der Waals surface area contributed by atoms with E-state index in [0.29, 0.717) is 22.3 Å². The number of nitrogens with two attached hydrogens (primary N) is 1. The number of para-hydroxylation sites is 1. The Kier molecular flexibility index (Phi) is 4.67. The second-order valence-electron chi connectivity index (χ2n) is 6.50. The summed E-state index contributed by atoms with van der Waals surface area (Å²) in [5.41, 5.74) is 7.49. The van der Waals surface area contributed by atoms with Gasteiger partial charge in [-0.2, -0.15) is 5.26 Å². The highest BCUT2D eigenvalue weighted by atomic mass is 16.3. The van der Waals surface area contributed by atoms with Crippen molar-refractivity contribution in [1.82, 2.24) is 9.97 Å². The molecule has 2 aromatic heterocycles. The van der Waals surface area contributed by atoms with Gasteiger partial charge in [0.1, 0.15) is 40.9 Å². The van der Waals surface area contributed by atoms with Gasteiger partial charge in [0, 0.05) is 5.56 Å². The molecule has 1 atom stereocenters. The van der Waals surface area contributed by atoms with Gasteiger partial charge in [0.25, 0.3) is 0 Å². The Bertz CT molecular complexity index is 1290. The molecular weight excluding hydrogens is 366 g/mol. The number of fused-ring (bicyclic) bond motifs is 1. The van der Waals surface area contributed by atoms with Crippen LogP contribution in [0.1, 0.15) is 24.1 Å². The van der Waals surface area contributed by atoms with Crippen molar-refractivity contribution in [3.8, 4) is 17.4 Å². The molecule has 0 bridgehead atoms. The maximum absolute atomic E-state index is 13.4. The van der Waals surface area contributed by atoms with E-state index in [4.69, 9.17) is 10.2 Å². The Balaban J connectivity index is 1.91. The van der Waals surface area contributed by atoms with Crippen LogP contribution in [-0.4, -0.2) is 9.97 Å². The van der Waals surface area contributed by atoms with Crippen molar-refractivity contribution in [1.29, 1.82) is 5.26 Å². The monoisotopic (exact) mass is 383 g/mol. The summed E-state index contributed by atoms with van der Waals surface area (Å²) in [5.74, 6) is 0.805. The fourth-order valence-corrected chi connectivity index (χ4v) is 3.25. The Labute approximate surface area is 166 Å². The Morgan fingerprint density at radius 1 is 1.10 bits per heavy atom. The van der Waals surface area contributed by atoms with E-state index in [-0.39, 0.29) is 22.6 Å². The molecule has 142 valence electrons. The zero-order valence-corrected chi connectivity index (χ0v) is 15.6. The van der Waals surface area contributed by atoms with Crippen molar-refractivity contribution in [2.45, 2.75) is 13.0 Å². The highest BCUT2D eigenvalue weighted by Crippen LogP contribution is 2.31. The fraction of sp³-hybridized carbons (Fsp3) is 0.0909. The van der Waals surface area contributed by atoms with Crippen LogP contribution in [0.2, 0.25) is 0 Å². The van der Waals surface area contributed by atoms with Crippen LogP contribution in [0.15, 0.2) is 70.1 Å². The van der Waals surface area contributed by atoms with Gasteiger partial charge >= 0.3 is 0 Å². The third kappa shape index (κ3) is 3.28. The van der Waals surface area contributed by atoms with Crippen molar-refractivity contribution < 1.29 is 4.42 Å². The molecule has 0 fully saturated rings. The first-order valence-electron chi connectivity index (χ1n) is 8.98. The van der Waals surface area contributed by atoms with E-state index in [0.717, 1.165) is 5.56 Å². The van der Waals surface area contributed by atoms with Gasteiger partial charge in [-0.15, -0.1) is 0 Å². The minimum absolute atomic E-state index is 0.0750. The summed E-state index contributed by atoms with van der Waals surface area (Å²) in [6.07, 6.45) is 1.27. The molecule has 4 rings (SSSR count). The lowest BCUT2D eigenvalue weighted by Crippen LogP contribution is -2.20. The van der Waals surface area contributed by atoms with Gasteiger partial charge < -0.3 is 15.5 Å². The van der Waals surface area contributed by atoms with Gasteiger partial charge in [-0.05, 0) is 19.1 Å². The van der Waals surface area contributed by atoms with Crippen LogP contribution in [0.5, 0.6) is 0 Å². The minimum atomic E-state index is -0.507. The Hall–Kier alpha value is -4.18. The molecular formula is C22H17N5O2. The topological polar surface area (TPSA) is 118 Å². The Morgan fingerprint density at radius 2 is 1.83 bits per heavy atom. The van der Waals surface area contributed by atoms with Gasteiger partial charge in [-0.1, -0.05) is 42.5 Å². The van der Waals surface area contributed by atoms with Crippen LogP contribution >= 0.6 is 0 Å². The quantitative estimate of drug-likeness (QED) is 0.549. The number of hydrogen-bond acceptors (Lipinski definition) is 7. The normalized spacial score (nSPS) is 11.7. The summed E-state index contributed by atoms with van der Waals surface area (Å²) in [5, 5.41) is 13.0.